The Hall–Kier alpha value is -0.410. The Morgan fingerprint density at radius 3 is 3.09 bits per heavy atom. The van der Waals surface area contributed by atoms with Crippen LogP contribution in [-0.4, -0.2) is 32.2 Å². The van der Waals surface area contributed by atoms with Gasteiger partial charge in [-0.1, -0.05) is 0 Å². The van der Waals surface area contributed by atoms with Gasteiger partial charge in [-0.25, -0.2) is 0 Å². The van der Waals surface area contributed by atoms with E-state index in [9.17, 15) is 4.79 Å². The fourth-order valence-electron chi connectivity index (χ4n) is 1.19. The Labute approximate surface area is 66.7 Å². The van der Waals surface area contributed by atoms with E-state index in [2.05, 4.69) is 0 Å². The minimum atomic E-state index is 0.194. The standard InChI is InChI=1S/C8H14O3/c9-4-6-10-7-8-3-1-2-5-11-8/h4,8H,1-3,5-7H2. The summed E-state index contributed by atoms with van der Waals surface area (Å²) < 4.78 is 10.4. The number of hydrogen-bond acceptors (Lipinski definition) is 3. The van der Waals surface area contributed by atoms with E-state index in [1.54, 1.807) is 0 Å². The lowest BCUT2D eigenvalue weighted by atomic mass is 10.1. The zero-order valence-electron chi connectivity index (χ0n) is 6.62. The molecule has 1 fully saturated rings. The zero-order chi connectivity index (χ0) is 7.94. The summed E-state index contributed by atoms with van der Waals surface area (Å²) in [6, 6.07) is 0. The molecule has 1 aliphatic rings. The molecule has 11 heavy (non-hydrogen) atoms. The molecular formula is C8H14O3. The number of hydrogen-bond donors (Lipinski definition) is 0. The van der Waals surface area contributed by atoms with Crippen LogP contribution in [0.2, 0.25) is 0 Å². The van der Waals surface area contributed by atoms with E-state index in [1.165, 1.54) is 6.42 Å². The van der Waals surface area contributed by atoms with Gasteiger partial charge in [0.25, 0.3) is 0 Å². The molecule has 0 saturated carbocycles. The van der Waals surface area contributed by atoms with Crippen LogP contribution in [0.1, 0.15) is 19.3 Å². The van der Waals surface area contributed by atoms with Crippen molar-refractivity contribution in [2.75, 3.05) is 19.8 Å². The van der Waals surface area contributed by atoms with Crippen LogP contribution < -0.4 is 0 Å². The quantitative estimate of drug-likeness (QED) is 0.448. The van der Waals surface area contributed by atoms with Crippen LogP contribution in [-0.2, 0) is 14.3 Å². The molecule has 0 aliphatic carbocycles. The average Bonchev–Trinajstić information content (AvgIpc) is 2.07. The third-order valence-corrected chi connectivity index (χ3v) is 1.76. The van der Waals surface area contributed by atoms with Crippen molar-refractivity contribution < 1.29 is 14.3 Å². The molecule has 1 unspecified atom stereocenters. The predicted molar refractivity (Wildman–Crippen MR) is 40.5 cm³/mol. The third kappa shape index (κ3) is 3.49. The molecule has 0 bridgehead atoms. The van der Waals surface area contributed by atoms with Gasteiger partial charge in [-0.05, 0) is 19.3 Å². The Balaban J connectivity index is 2.00. The first kappa shape index (κ1) is 8.68. The van der Waals surface area contributed by atoms with Gasteiger partial charge in [-0.2, -0.15) is 0 Å². The highest BCUT2D eigenvalue weighted by molar-refractivity contribution is 5.50. The van der Waals surface area contributed by atoms with Crippen molar-refractivity contribution in [1.82, 2.24) is 0 Å². The van der Waals surface area contributed by atoms with Gasteiger partial charge in [0.05, 0.1) is 12.7 Å². The topological polar surface area (TPSA) is 35.5 Å². The molecule has 1 rings (SSSR count). The Morgan fingerprint density at radius 2 is 2.45 bits per heavy atom. The molecule has 0 amide bonds. The predicted octanol–water partition coefficient (Wildman–Crippen LogP) is 0.771. The van der Waals surface area contributed by atoms with E-state index >= 15 is 0 Å². The van der Waals surface area contributed by atoms with Gasteiger partial charge in [0, 0.05) is 6.61 Å². The molecule has 1 atom stereocenters. The SMILES string of the molecule is O=CCOCC1CCCCO1. The molecule has 0 radical (unpaired) electrons. The summed E-state index contributed by atoms with van der Waals surface area (Å²) >= 11 is 0. The fraction of sp³-hybridized carbons (Fsp3) is 0.875. The molecule has 1 aliphatic heterocycles. The first-order chi connectivity index (χ1) is 5.43. The molecule has 0 N–H and O–H groups in total. The normalized spacial score (nSPS) is 24.9. The molecule has 1 saturated heterocycles. The average molecular weight is 158 g/mol. The molecule has 3 nitrogen and oxygen atoms in total. The van der Waals surface area contributed by atoms with E-state index in [1.807, 2.05) is 0 Å². The van der Waals surface area contributed by atoms with E-state index < -0.39 is 0 Å². The molecule has 0 aromatic rings. The summed E-state index contributed by atoms with van der Waals surface area (Å²) in [4.78, 5) is 9.88. The van der Waals surface area contributed by atoms with Crippen molar-refractivity contribution in [1.29, 1.82) is 0 Å². The van der Waals surface area contributed by atoms with Crippen LogP contribution in [0.15, 0.2) is 0 Å². The summed E-state index contributed by atoms with van der Waals surface area (Å²) in [6.45, 7) is 1.60. The number of aldehydes is 1. The molecule has 0 aromatic carbocycles. The first-order valence-corrected chi connectivity index (χ1v) is 4.06. The first-order valence-electron chi connectivity index (χ1n) is 4.06. The van der Waals surface area contributed by atoms with Gasteiger partial charge in [0.15, 0.2) is 0 Å². The molecule has 0 spiro atoms. The Bertz CT molecular complexity index is 108. The van der Waals surface area contributed by atoms with Crippen LogP contribution in [0, 0.1) is 0 Å². The summed E-state index contributed by atoms with van der Waals surface area (Å²) in [6.07, 6.45) is 4.43. The monoisotopic (exact) mass is 158 g/mol. The van der Waals surface area contributed by atoms with Crippen molar-refractivity contribution >= 4 is 6.29 Å². The minimum Gasteiger partial charge on any atom is -0.376 e. The minimum absolute atomic E-state index is 0.194. The summed E-state index contributed by atoms with van der Waals surface area (Å²) in [5.41, 5.74) is 0. The number of ether oxygens (including phenoxy) is 2. The van der Waals surface area contributed by atoms with E-state index in [4.69, 9.17) is 9.47 Å². The second-order valence-corrected chi connectivity index (χ2v) is 2.69. The maximum absolute atomic E-state index is 9.88. The number of carbonyl (C=O) groups excluding carboxylic acids is 1. The highest BCUT2D eigenvalue weighted by Crippen LogP contribution is 2.12. The van der Waals surface area contributed by atoms with E-state index in [0.29, 0.717) is 6.61 Å². The van der Waals surface area contributed by atoms with Crippen LogP contribution in [0.5, 0.6) is 0 Å². The van der Waals surface area contributed by atoms with E-state index in [-0.39, 0.29) is 12.7 Å². The molecule has 0 aromatic heterocycles. The smallest absolute Gasteiger partial charge is 0.145 e. The van der Waals surface area contributed by atoms with E-state index in [0.717, 1.165) is 25.7 Å². The van der Waals surface area contributed by atoms with Gasteiger partial charge in [0.1, 0.15) is 12.9 Å². The lowest BCUT2D eigenvalue weighted by molar-refractivity contribution is -0.114. The van der Waals surface area contributed by atoms with Gasteiger partial charge in [-0.15, -0.1) is 0 Å². The van der Waals surface area contributed by atoms with Gasteiger partial charge >= 0.3 is 0 Å². The summed E-state index contributed by atoms with van der Waals surface area (Å²) in [5.74, 6) is 0. The van der Waals surface area contributed by atoms with Crippen LogP contribution in [0.25, 0.3) is 0 Å². The number of carbonyl (C=O) groups is 1. The molecule has 3 heteroatoms. The maximum atomic E-state index is 9.88. The van der Waals surface area contributed by atoms with Crippen molar-refractivity contribution in [3.05, 3.63) is 0 Å². The summed E-state index contributed by atoms with van der Waals surface area (Å²) in [5, 5.41) is 0. The Kier molecular flexibility index (Phi) is 4.16. The fourth-order valence-corrected chi connectivity index (χ4v) is 1.19. The van der Waals surface area contributed by atoms with Gasteiger partial charge in [0.2, 0.25) is 0 Å². The Morgan fingerprint density at radius 1 is 1.55 bits per heavy atom. The molecule has 1 heterocycles. The van der Waals surface area contributed by atoms with Crippen molar-refractivity contribution in [2.24, 2.45) is 0 Å². The second-order valence-electron chi connectivity index (χ2n) is 2.69. The lowest BCUT2D eigenvalue weighted by Crippen LogP contribution is -2.24. The van der Waals surface area contributed by atoms with Gasteiger partial charge < -0.3 is 14.3 Å². The van der Waals surface area contributed by atoms with Crippen LogP contribution in [0.4, 0.5) is 0 Å². The van der Waals surface area contributed by atoms with Crippen LogP contribution >= 0.6 is 0 Å². The number of rotatable bonds is 4. The zero-order valence-corrected chi connectivity index (χ0v) is 6.62. The lowest BCUT2D eigenvalue weighted by Gasteiger charge is -2.21. The van der Waals surface area contributed by atoms with Crippen LogP contribution in [0.3, 0.4) is 0 Å². The van der Waals surface area contributed by atoms with Crippen molar-refractivity contribution in [2.45, 2.75) is 25.4 Å². The van der Waals surface area contributed by atoms with Gasteiger partial charge in [-0.3, -0.25) is 0 Å². The highest BCUT2D eigenvalue weighted by atomic mass is 16.5. The largest absolute Gasteiger partial charge is 0.376 e. The molecular weight excluding hydrogens is 144 g/mol. The third-order valence-electron chi connectivity index (χ3n) is 1.76. The second kappa shape index (κ2) is 5.27. The highest BCUT2D eigenvalue weighted by Gasteiger charge is 2.12. The van der Waals surface area contributed by atoms with Crippen molar-refractivity contribution in [3.8, 4) is 0 Å². The van der Waals surface area contributed by atoms with Crippen molar-refractivity contribution in [3.63, 3.8) is 0 Å². The maximum Gasteiger partial charge on any atom is 0.145 e. The molecule has 64 valence electrons. The summed E-state index contributed by atoms with van der Waals surface area (Å²) in [7, 11) is 0.